The molecule has 0 radical (unpaired) electrons. The second kappa shape index (κ2) is 4.61. The third kappa shape index (κ3) is 2.12. The molecule has 7 heteroatoms. The Morgan fingerprint density at radius 3 is 2.33 bits per heavy atom. The molecule has 0 atom stereocenters. The molecule has 0 spiro atoms. The highest BCUT2D eigenvalue weighted by Gasteiger charge is 2.24. The number of hydrogen-bond donors (Lipinski definition) is 1. The molecule has 0 aliphatic heterocycles. The molecule has 0 saturated heterocycles. The molecule has 6 nitrogen and oxygen atoms in total. The Kier molecular flexibility index (Phi) is 3.15. The lowest BCUT2D eigenvalue weighted by Gasteiger charge is -2.07. The van der Waals surface area contributed by atoms with E-state index in [1.807, 2.05) is 0 Å². The predicted molar refractivity (Wildman–Crippen MR) is 64.9 cm³/mol. The van der Waals surface area contributed by atoms with Crippen molar-refractivity contribution < 1.29 is 13.2 Å². The lowest BCUT2D eigenvalue weighted by molar-refractivity contribution is 0.380. The van der Waals surface area contributed by atoms with Crippen molar-refractivity contribution in [2.75, 3.05) is 12.8 Å². The number of anilines is 1. The highest BCUT2D eigenvalue weighted by atomic mass is 32.2. The van der Waals surface area contributed by atoms with Crippen molar-refractivity contribution in [3.05, 3.63) is 36.7 Å². The fourth-order valence-electron chi connectivity index (χ4n) is 1.40. The number of methoxy groups -OCH3 is 1. The van der Waals surface area contributed by atoms with Crippen LogP contribution in [-0.2, 0) is 9.84 Å². The molecule has 18 heavy (non-hydrogen) atoms. The maximum Gasteiger partial charge on any atom is 0.252 e. The van der Waals surface area contributed by atoms with E-state index in [0.717, 1.165) is 0 Å². The van der Waals surface area contributed by atoms with Gasteiger partial charge >= 0.3 is 0 Å². The molecule has 2 rings (SSSR count). The Balaban J connectivity index is 2.58. The van der Waals surface area contributed by atoms with Gasteiger partial charge in [0.15, 0.2) is 0 Å². The standard InChI is InChI=1S/C11H11N3O3S/c1-17-10-11(14-7-6-13-10)18(15,16)9-4-2-8(12)3-5-9/h2-7H,12H2,1H3. The Morgan fingerprint density at radius 1 is 1.11 bits per heavy atom. The smallest absolute Gasteiger partial charge is 0.252 e. The van der Waals surface area contributed by atoms with Gasteiger partial charge in [-0.15, -0.1) is 0 Å². The average Bonchev–Trinajstić information content (AvgIpc) is 2.39. The Morgan fingerprint density at radius 2 is 1.72 bits per heavy atom. The molecule has 1 heterocycles. The molecule has 94 valence electrons. The maximum absolute atomic E-state index is 12.3. The number of nitrogen functional groups attached to an aromatic ring is 1. The molecule has 0 bridgehead atoms. The van der Waals surface area contributed by atoms with E-state index in [0.29, 0.717) is 5.69 Å². The van der Waals surface area contributed by atoms with Crippen LogP contribution in [-0.4, -0.2) is 25.5 Å². The first-order valence-electron chi connectivity index (χ1n) is 5.01. The fourth-order valence-corrected chi connectivity index (χ4v) is 2.68. The van der Waals surface area contributed by atoms with Gasteiger partial charge in [-0.25, -0.2) is 18.4 Å². The molecule has 0 aliphatic rings. The minimum atomic E-state index is -3.75. The largest absolute Gasteiger partial charge is 0.479 e. The van der Waals surface area contributed by atoms with E-state index in [1.165, 1.54) is 43.8 Å². The predicted octanol–water partition coefficient (Wildman–Crippen LogP) is 0.900. The number of benzene rings is 1. The first-order valence-corrected chi connectivity index (χ1v) is 6.49. The highest BCUT2D eigenvalue weighted by Crippen LogP contribution is 2.25. The average molecular weight is 265 g/mol. The van der Waals surface area contributed by atoms with E-state index in [4.69, 9.17) is 10.5 Å². The summed E-state index contributed by atoms with van der Waals surface area (Å²) >= 11 is 0. The van der Waals surface area contributed by atoms with E-state index in [1.54, 1.807) is 0 Å². The van der Waals surface area contributed by atoms with Crippen LogP contribution in [0.4, 0.5) is 5.69 Å². The van der Waals surface area contributed by atoms with Crippen LogP contribution in [0.15, 0.2) is 46.6 Å². The molecule has 1 aromatic heterocycles. The van der Waals surface area contributed by atoms with Gasteiger partial charge in [-0.1, -0.05) is 0 Å². The third-order valence-corrected chi connectivity index (χ3v) is 3.95. The Bertz CT molecular complexity index is 653. The molecule has 0 amide bonds. The number of aromatic nitrogens is 2. The first-order chi connectivity index (χ1) is 8.55. The van der Waals surface area contributed by atoms with Crippen molar-refractivity contribution in [3.63, 3.8) is 0 Å². The molecular weight excluding hydrogens is 254 g/mol. The van der Waals surface area contributed by atoms with Crippen LogP contribution >= 0.6 is 0 Å². The van der Waals surface area contributed by atoms with Gasteiger partial charge in [-0.05, 0) is 24.3 Å². The van der Waals surface area contributed by atoms with Crippen molar-refractivity contribution in [1.82, 2.24) is 9.97 Å². The first kappa shape index (κ1) is 12.3. The summed E-state index contributed by atoms with van der Waals surface area (Å²) in [6, 6.07) is 5.85. The van der Waals surface area contributed by atoms with Crippen molar-refractivity contribution >= 4 is 15.5 Å². The van der Waals surface area contributed by atoms with Crippen LogP contribution in [0.25, 0.3) is 0 Å². The van der Waals surface area contributed by atoms with Crippen LogP contribution in [0, 0.1) is 0 Å². The van der Waals surface area contributed by atoms with E-state index >= 15 is 0 Å². The quantitative estimate of drug-likeness (QED) is 0.828. The number of ether oxygens (including phenoxy) is 1. The second-order valence-corrected chi connectivity index (χ2v) is 5.31. The number of rotatable bonds is 3. The summed E-state index contributed by atoms with van der Waals surface area (Å²) in [4.78, 5) is 7.72. The SMILES string of the molecule is COc1nccnc1S(=O)(=O)c1ccc(N)cc1. The van der Waals surface area contributed by atoms with Crippen LogP contribution in [0.5, 0.6) is 5.88 Å². The van der Waals surface area contributed by atoms with Gasteiger partial charge in [-0.3, -0.25) is 0 Å². The number of sulfone groups is 1. The van der Waals surface area contributed by atoms with Crippen molar-refractivity contribution in [2.45, 2.75) is 9.92 Å². The second-order valence-electron chi connectivity index (χ2n) is 3.44. The maximum atomic E-state index is 12.3. The Hall–Kier alpha value is -2.15. The third-order valence-electron chi connectivity index (χ3n) is 2.27. The topological polar surface area (TPSA) is 95.2 Å². The van der Waals surface area contributed by atoms with Gasteiger partial charge in [0.25, 0.3) is 5.88 Å². The van der Waals surface area contributed by atoms with Gasteiger partial charge in [0.05, 0.1) is 12.0 Å². The number of hydrogen-bond acceptors (Lipinski definition) is 6. The number of nitrogens with two attached hydrogens (primary N) is 1. The number of nitrogens with zero attached hydrogens (tertiary/aromatic N) is 2. The zero-order valence-corrected chi connectivity index (χ0v) is 10.4. The lowest BCUT2D eigenvalue weighted by atomic mass is 10.3. The summed E-state index contributed by atoms with van der Waals surface area (Å²) in [5, 5.41) is -0.211. The van der Waals surface area contributed by atoms with Gasteiger partial charge < -0.3 is 10.5 Å². The monoisotopic (exact) mass is 265 g/mol. The molecular formula is C11H11N3O3S. The van der Waals surface area contributed by atoms with E-state index < -0.39 is 9.84 Å². The summed E-state index contributed by atoms with van der Waals surface area (Å²) in [7, 11) is -2.41. The summed E-state index contributed by atoms with van der Waals surface area (Å²) in [6.45, 7) is 0. The minimum absolute atomic E-state index is 0.0330. The summed E-state index contributed by atoms with van der Waals surface area (Å²) < 4.78 is 29.5. The zero-order valence-electron chi connectivity index (χ0n) is 9.57. The molecule has 2 N–H and O–H groups in total. The van der Waals surface area contributed by atoms with Crippen LogP contribution in [0.3, 0.4) is 0 Å². The van der Waals surface area contributed by atoms with Gasteiger partial charge in [0.2, 0.25) is 14.9 Å². The lowest BCUT2D eigenvalue weighted by Crippen LogP contribution is -2.07. The molecule has 0 fully saturated rings. The fraction of sp³-hybridized carbons (Fsp3) is 0.0909. The molecule has 2 aromatic rings. The van der Waals surface area contributed by atoms with Crippen molar-refractivity contribution in [3.8, 4) is 5.88 Å². The van der Waals surface area contributed by atoms with Crippen molar-refractivity contribution in [1.29, 1.82) is 0 Å². The van der Waals surface area contributed by atoms with Crippen LogP contribution in [0.1, 0.15) is 0 Å². The summed E-state index contributed by atoms with van der Waals surface area (Å²) in [5.74, 6) is -0.0330. The van der Waals surface area contributed by atoms with Gasteiger partial charge in [0.1, 0.15) is 0 Å². The molecule has 0 unspecified atom stereocenters. The summed E-state index contributed by atoms with van der Waals surface area (Å²) in [5.41, 5.74) is 6.00. The summed E-state index contributed by atoms with van der Waals surface area (Å²) in [6.07, 6.45) is 2.66. The van der Waals surface area contributed by atoms with E-state index in [-0.39, 0.29) is 15.8 Å². The molecule has 0 saturated carbocycles. The van der Waals surface area contributed by atoms with Gasteiger partial charge in [-0.2, -0.15) is 0 Å². The van der Waals surface area contributed by atoms with Crippen LogP contribution < -0.4 is 10.5 Å². The van der Waals surface area contributed by atoms with E-state index in [9.17, 15) is 8.42 Å². The van der Waals surface area contributed by atoms with E-state index in [2.05, 4.69) is 9.97 Å². The minimum Gasteiger partial charge on any atom is -0.479 e. The van der Waals surface area contributed by atoms with Crippen molar-refractivity contribution in [2.24, 2.45) is 0 Å². The molecule has 0 aliphatic carbocycles. The van der Waals surface area contributed by atoms with Crippen LogP contribution in [0.2, 0.25) is 0 Å². The Labute approximate surface area is 104 Å². The molecule has 1 aromatic carbocycles. The zero-order chi connectivity index (χ0) is 13.2. The highest BCUT2D eigenvalue weighted by molar-refractivity contribution is 7.91. The van der Waals surface area contributed by atoms with Gasteiger partial charge in [0, 0.05) is 18.1 Å². The normalized spacial score (nSPS) is 11.2.